The van der Waals surface area contributed by atoms with Gasteiger partial charge in [0.2, 0.25) is 11.8 Å². The van der Waals surface area contributed by atoms with Crippen molar-refractivity contribution in [2.75, 3.05) is 19.6 Å². The van der Waals surface area contributed by atoms with E-state index >= 15 is 0 Å². The number of nitrogens with one attached hydrogen (secondary N) is 2. The first-order valence-electron chi connectivity index (χ1n) is 6.68. The van der Waals surface area contributed by atoms with Crippen LogP contribution in [0.25, 0.3) is 0 Å². The summed E-state index contributed by atoms with van der Waals surface area (Å²) in [6.45, 7) is 0.552. The number of rotatable bonds is 5. The van der Waals surface area contributed by atoms with Crippen LogP contribution in [-0.4, -0.2) is 48.4 Å². The van der Waals surface area contributed by atoms with Crippen molar-refractivity contribution in [2.24, 2.45) is 11.7 Å². The van der Waals surface area contributed by atoms with E-state index in [9.17, 15) is 14.4 Å². The van der Waals surface area contributed by atoms with Crippen LogP contribution in [0.2, 0.25) is 0 Å². The van der Waals surface area contributed by atoms with Gasteiger partial charge in [-0.1, -0.05) is 6.42 Å². The lowest BCUT2D eigenvalue weighted by Crippen LogP contribution is -2.39. The van der Waals surface area contributed by atoms with Gasteiger partial charge in [0, 0.05) is 25.6 Å². The molecule has 4 amide bonds. The molecule has 1 aliphatic carbocycles. The summed E-state index contributed by atoms with van der Waals surface area (Å²) >= 11 is 0. The number of nitrogens with two attached hydrogens (primary N) is 1. The average Bonchev–Trinajstić information content (AvgIpc) is 2.90. The van der Waals surface area contributed by atoms with Crippen LogP contribution >= 0.6 is 0 Å². The average molecular weight is 268 g/mol. The van der Waals surface area contributed by atoms with E-state index < -0.39 is 6.03 Å². The summed E-state index contributed by atoms with van der Waals surface area (Å²) in [6.07, 6.45) is 3.50. The van der Waals surface area contributed by atoms with Crippen molar-refractivity contribution >= 4 is 17.8 Å². The summed E-state index contributed by atoms with van der Waals surface area (Å²) in [6, 6.07) is -0.270. The Morgan fingerprint density at radius 3 is 2.79 bits per heavy atom. The molecule has 0 aromatic carbocycles. The van der Waals surface area contributed by atoms with Gasteiger partial charge in [-0.2, -0.15) is 0 Å². The Labute approximate surface area is 111 Å². The fourth-order valence-electron chi connectivity index (χ4n) is 2.62. The van der Waals surface area contributed by atoms with Crippen LogP contribution in [0.1, 0.15) is 25.7 Å². The van der Waals surface area contributed by atoms with Crippen molar-refractivity contribution in [1.82, 2.24) is 15.5 Å². The van der Waals surface area contributed by atoms with E-state index in [1.54, 1.807) is 0 Å². The highest BCUT2D eigenvalue weighted by molar-refractivity contribution is 6.01. The summed E-state index contributed by atoms with van der Waals surface area (Å²) < 4.78 is 0. The number of hydrogen-bond acceptors (Lipinski definition) is 4. The molecule has 7 heteroatoms. The molecule has 0 aromatic rings. The third kappa shape index (κ3) is 3.44. The molecule has 19 heavy (non-hydrogen) atoms. The summed E-state index contributed by atoms with van der Waals surface area (Å²) in [5, 5.41) is 5.16. The van der Waals surface area contributed by atoms with E-state index in [0.29, 0.717) is 13.0 Å². The van der Waals surface area contributed by atoms with Gasteiger partial charge in [-0.15, -0.1) is 0 Å². The van der Waals surface area contributed by atoms with E-state index in [1.165, 1.54) is 0 Å². The largest absolute Gasteiger partial charge is 0.354 e. The third-order valence-electron chi connectivity index (χ3n) is 3.76. The summed E-state index contributed by atoms with van der Waals surface area (Å²) in [4.78, 5) is 35.4. The van der Waals surface area contributed by atoms with E-state index in [2.05, 4.69) is 10.6 Å². The highest BCUT2D eigenvalue weighted by atomic mass is 16.2. The van der Waals surface area contributed by atoms with Gasteiger partial charge in [0.25, 0.3) is 0 Å². The SMILES string of the molecule is N[C@@H]1CCC[C@H]1CC(=O)NCCN1C(=O)CNC1=O. The van der Waals surface area contributed by atoms with E-state index in [-0.39, 0.29) is 36.9 Å². The zero-order chi connectivity index (χ0) is 13.8. The molecule has 0 radical (unpaired) electrons. The van der Waals surface area contributed by atoms with Gasteiger partial charge < -0.3 is 16.4 Å². The summed E-state index contributed by atoms with van der Waals surface area (Å²) in [7, 11) is 0. The molecular formula is C12H20N4O3. The summed E-state index contributed by atoms with van der Waals surface area (Å²) in [5.41, 5.74) is 5.91. The number of urea groups is 1. The van der Waals surface area contributed by atoms with Crippen molar-refractivity contribution < 1.29 is 14.4 Å². The van der Waals surface area contributed by atoms with E-state index in [0.717, 1.165) is 24.2 Å². The van der Waals surface area contributed by atoms with Gasteiger partial charge in [0.15, 0.2) is 0 Å². The minimum Gasteiger partial charge on any atom is -0.354 e. The van der Waals surface area contributed by atoms with Crippen LogP contribution in [-0.2, 0) is 9.59 Å². The monoisotopic (exact) mass is 268 g/mol. The highest BCUT2D eigenvalue weighted by Crippen LogP contribution is 2.26. The van der Waals surface area contributed by atoms with Crippen molar-refractivity contribution in [1.29, 1.82) is 0 Å². The number of imide groups is 1. The minimum absolute atomic E-state index is 0.0453. The maximum atomic E-state index is 11.7. The molecule has 4 N–H and O–H groups in total. The quantitative estimate of drug-likeness (QED) is 0.566. The second kappa shape index (κ2) is 6.01. The van der Waals surface area contributed by atoms with Crippen molar-refractivity contribution in [2.45, 2.75) is 31.7 Å². The van der Waals surface area contributed by atoms with Crippen LogP contribution in [0, 0.1) is 5.92 Å². The second-order valence-electron chi connectivity index (χ2n) is 5.11. The number of carbonyl (C=O) groups is 3. The standard InChI is InChI=1S/C12H20N4O3/c13-9-3-1-2-8(9)6-10(17)14-4-5-16-11(18)7-15-12(16)19/h8-9H,1-7,13H2,(H,14,17)(H,15,19)/t8-,9+/m0/s1. The fourth-order valence-corrected chi connectivity index (χ4v) is 2.62. The Kier molecular flexibility index (Phi) is 4.36. The highest BCUT2D eigenvalue weighted by Gasteiger charge is 2.28. The molecule has 2 rings (SSSR count). The zero-order valence-electron chi connectivity index (χ0n) is 10.9. The maximum Gasteiger partial charge on any atom is 0.324 e. The Morgan fingerprint density at radius 2 is 2.21 bits per heavy atom. The van der Waals surface area contributed by atoms with Crippen LogP contribution in [0.3, 0.4) is 0 Å². The Bertz CT molecular complexity index is 369. The van der Waals surface area contributed by atoms with Crippen LogP contribution < -0.4 is 16.4 Å². The molecule has 2 fully saturated rings. The smallest absolute Gasteiger partial charge is 0.324 e. The number of hydrogen-bond donors (Lipinski definition) is 3. The molecule has 106 valence electrons. The van der Waals surface area contributed by atoms with E-state index in [4.69, 9.17) is 5.73 Å². The van der Waals surface area contributed by atoms with Gasteiger partial charge in [-0.05, 0) is 18.8 Å². The number of carbonyl (C=O) groups excluding carboxylic acids is 3. The van der Waals surface area contributed by atoms with Crippen LogP contribution in [0.5, 0.6) is 0 Å². The first-order valence-corrected chi connectivity index (χ1v) is 6.68. The zero-order valence-corrected chi connectivity index (χ0v) is 10.9. The lowest BCUT2D eigenvalue weighted by atomic mass is 10.00. The van der Waals surface area contributed by atoms with Crippen molar-refractivity contribution in [3.8, 4) is 0 Å². The molecule has 7 nitrogen and oxygen atoms in total. The number of amides is 4. The second-order valence-corrected chi connectivity index (χ2v) is 5.11. The molecule has 2 aliphatic rings. The van der Waals surface area contributed by atoms with Crippen LogP contribution in [0.4, 0.5) is 4.79 Å². The molecule has 1 aliphatic heterocycles. The summed E-state index contributed by atoms with van der Waals surface area (Å²) in [5.74, 6) is -0.0526. The van der Waals surface area contributed by atoms with Crippen LogP contribution in [0.15, 0.2) is 0 Å². The molecule has 1 saturated carbocycles. The molecular weight excluding hydrogens is 248 g/mol. The van der Waals surface area contributed by atoms with E-state index in [1.807, 2.05) is 0 Å². The predicted octanol–water partition coefficient (Wildman–Crippen LogP) is -0.828. The van der Waals surface area contributed by atoms with Crippen molar-refractivity contribution in [3.63, 3.8) is 0 Å². The predicted molar refractivity (Wildman–Crippen MR) is 68.1 cm³/mol. The van der Waals surface area contributed by atoms with Gasteiger partial charge in [-0.3, -0.25) is 14.5 Å². The molecule has 0 spiro atoms. The lowest BCUT2D eigenvalue weighted by molar-refractivity contribution is -0.126. The molecule has 0 aromatic heterocycles. The number of nitrogens with zero attached hydrogens (tertiary/aromatic N) is 1. The first kappa shape index (κ1) is 13.8. The van der Waals surface area contributed by atoms with Gasteiger partial charge in [0.05, 0.1) is 6.54 Å². The Balaban J connectivity index is 1.66. The topological polar surface area (TPSA) is 105 Å². The molecule has 0 bridgehead atoms. The third-order valence-corrected chi connectivity index (χ3v) is 3.76. The minimum atomic E-state index is -0.392. The molecule has 1 heterocycles. The maximum absolute atomic E-state index is 11.7. The lowest BCUT2D eigenvalue weighted by Gasteiger charge is -2.16. The fraction of sp³-hybridized carbons (Fsp3) is 0.750. The molecule has 0 unspecified atom stereocenters. The first-order chi connectivity index (χ1) is 9.08. The Morgan fingerprint density at radius 1 is 1.42 bits per heavy atom. The molecule has 1 saturated heterocycles. The van der Waals surface area contributed by atoms with Gasteiger partial charge in [-0.25, -0.2) is 4.79 Å². The normalized spacial score (nSPS) is 26.7. The van der Waals surface area contributed by atoms with Gasteiger partial charge in [0.1, 0.15) is 0 Å². The molecule has 2 atom stereocenters. The Hall–Kier alpha value is -1.63. The van der Waals surface area contributed by atoms with Gasteiger partial charge >= 0.3 is 6.03 Å². The van der Waals surface area contributed by atoms with Crippen molar-refractivity contribution in [3.05, 3.63) is 0 Å².